The van der Waals surface area contributed by atoms with E-state index in [0.717, 1.165) is 29.7 Å². The van der Waals surface area contributed by atoms with Gasteiger partial charge in [-0.15, -0.1) is 0 Å². The fourth-order valence-electron chi connectivity index (χ4n) is 3.48. The van der Waals surface area contributed by atoms with E-state index in [1.54, 1.807) is 23.2 Å². The van der Waals surface area contributed by atoms with Crippen molar-refractivity contribution in [3.05, 3.63) is 23.9 Å². The Morgan fingerprint density at radius 1 is 1.39 bits per heavy atom. The first-order valence-electron chi connectivity index (χ1n) is 9.91. The van der Waals surface area contributed by atoms with Crippen molar-refractivity contribution in [3.8, 4) is 0 Å². The molecule has 0 spiro atoms. The molecule has 1 aliphatic heterocycles. The minimum atomic E-state index is -0.812. The van der Waals surface area contributed by atoms with E-state index in [0.29, 0.717) is 18.8 Å². The van der Waals surface area contributed by atoms with E-state index in [4.69, 9.17) is 5.73 Å². The molecular weight excluding hydrogens is 358 g/mol. The second-order valence-corrected chi connectivity index (χ2v) is 7.25. The minimum absolute atomic E-state index is 0.00349. The van der Waals surface area contributed by atoms with Crippen molar-refractivity contribution < 1.29 is 14.4 Å². The first-order valence-corrected chi connectivity index (χ1v) is 9.91. The first kappa shape index (κ1) is 21.7. The number of nitrogen functional groups attached to an aromatic ring is 1. The molecule has 1 aliphatic rings. The summed E-state index contributed by atoms with van der Waals surface area (Å²) < 4.78 is 0. The molecule has 0 saturated carbocycles. The largest absolute Gasteiger partial charge is 0.384 e. The lowest BCUT2D eigenvalue weighted by atomic mass is 9.82. The summed E-state index contributed by atoms with van der Waals surface area (Å²) in [6.45, 7) is 6.59. The summed E-state index contributed by atoms with van der Waals surface area (Å²) >= 11 is 0. The molecule has 3 N–H and O–H groups in total. The number of aromatic nitrogens is 1. The summed E-state index contributed by atoms with van der Waals surface area (Å²) in [7, 11) is 1.51. The molecule has 8 nitrogen and oxygen atoms in total. The number of pyridine rings is 1. The van der Waals surface area contributed by atoms with Crippen molar-refractivity contribution in [2.45, 2.75) is 58.5 Å². The Bertz CT molecular complexity index is 724. The van der Waals surface area contributed by atoms with Crippen LogP contribution >= 0.6 is 0 Å². The van der Waals surface area contributed by atoms with Gasteiger partial charge in [-0.1, -0.05) is 20.3 Å². The highest BCUT2D eigenvalue weighted by atomic mass is 16.2. The van der Waals surface area contributed by atoms with Crippen LogP contribution in [0.2, 0.25) is 0 Å². The highest BCUT2D eigenvalue weighted by Crippen LogP contribution is 2.32. The van der Waals surface area contributed by atoms with E-state index in [9.17, 15) is 14.4 Å². The van der Waals surface area contributed by atoms with E-state index in [1.807, 2.05) is 13.8 Å². The summed E-state index contributed by atoms with van der Waals surface area (Å²) in [5, 5.41) is 2.58. The Morgan fingerprint density at radius 2 is 2.11 bits per heavy atom. The molecule has 2 heterocycles. The molecule has 4 amide bonds. The standard InChI is InChI=1S/C20H31N5O3/c1-5-7-10-24(13(3)6-2)20(28)25-17(18(26)22-4)15(19(25)27)11-14-8-9-23-16(21)12-14/h8-9,12-13,15,17H,5-7,10-11H2,1-4H3,(H2,21,23)(H,22,26)/t13?,15-,17+/m1/s1. The van der Waals surface area contributed by atoms with Crippen molar-refractivity contribution >= 4 is 23.7 Å². The molecule has 1 unspecified atom stereocenters. The average molecular weight is 390 g/mol. The van der Waals surface area contributed by atoms with Crippen molar-refractivity contribution in [1.82, 2.24) is 20.1 Å². The zero-order valence-electron chi connectivity index (χ0n) is 17.1. The number of carbonyl (C=O) groups excluding carboxylic acids is 3. The number of urea groups is 1. The number of amides is 4. The number of rotatable bonds is 8. The normalized spacial score (nSPS) is 19.7. The molecular formula is C20H31N5O3. The number of likely N-dealkylation sites (N-methyl/N-ethyl adjacent to an activating group) is 1. The van der Waals surface area contributed by atoms with Crippen molar-refractivity contribution in [1.29, 1.82) is 0 Å². The van der Waals surface area contributed by atoms with Crippen LogP contribution in [0, 0.1) is 5.92 Å². The number of nitrogens with one attached hydrogen (secondary N) is 1. The van der Waals surface area contributed by atoms with Gasteiger partial charge in [-0.25, -0.2) is 9.78 Å². The van der Waals surface area contributed by atoms with Crippen LogP contribution in [0.3, 0.4) is 0 Å². The maximum Gasteiger partial charge on any atom is 0.327 e. The highest BCUT2D eigenvalue weighted by Gasteiger charge is 2.55. The number of unbranched alkanes of at least 4 members (excludes halogenated alkanes) is 1. The monoisotopic (exact) mass is 389 g/mol. The van der Waals surface area contributed by atoms with Gasteiger partial charge in [0.2, 0.25) is 11.8 Å². The fraction of sp³-hybridized carbons (Fsp3) is 0.600. The zero-order chi connectivity index (χ0) is 20.8. The molecule has 0 aliphatic carbocycles. The molecule has 0 aromatic carbocycles. The number of imide groups is 1. The van der Waals surface area contributed by atoms with Gasteiger partial charge in [0.05, 0.1) is 5.92 Å². The lowest BCUT2D eigenvalue weighted by molar-refractivity contribution is -0.158. The Labute approximate surface area is 166 Å². The number of hydrogen-bond donors (Lipinski definition) is 2. The zero-order valence-corrected chi connectivity index (χ0v) is 17.1. The van der Waals surface area contributed by atoms with E-state index in [1.165, 1.54) is 7.05 Å². The number of carbonyl (C=O) groups is 3. The SMILES string of the molecule is CCCCN(C(=O)N1C(=O)[C@H](Cc2ccnc(N)c2)[C@H]1C(=O)NC)C(C)CC. The third kappa shape index (κ3) is 4.43. The van der Waals surface area contributed by atoms with Crippen molar-refractivity contribution in [2.75, 3.05) is 19.3 Å². The third-order valence-corrected chi connectivity index (χ3v) is 5.36. The lowest BCUT2D eigenvalue weighted by Crippen LogP contribution is -2.71. The summed E-state index contributed by atoms with van der Waals surface area (Å²) in [6.07, 6.45) is 4.48. The van der Waals surface area contributed by atoms with Gasteiger partial charge >= 0.3 is 6.03 Å². The van der Waals surface area contributed by atoms with Crippen LogP contribution in [0.15, 0.2) is 18.3 Å². The van der Waals surface area contributed by atoms with Gasteiger partial charge < -0.3 is 16.0 Å². The number of anilines is 1. The van der Waals surface area contributed by atoms with Crippen LogP contribution in [-0.2, 0) is 16.0 Å². The third-order valence-electron chi connectivity index (χ3n) is 5.36. The Morgan fingerprint density at radius 3 is 2.68 bits per heavy atom. The number of β-lactam (4-membered cyclic amide) rings is 1. The topological polar surface area (TPSA) is 109 Å². The molecule has 1 aromatic rings. The number of nitrogens with zero attached hydrogens (tertiary/aromatic N) is 3. The molecule has 1 fully saturated rings. The average Bonchev–Trinajstić information content (AvgIpc) is 2.69. The second-order valence-electron chi connectivity index (χ2n) is 7.25. The van der Waals surface area contributed by atoms with Crippen LogP contribution in [0.5, 0.6) is 0 Å². The summed E-state index contributed by atoms with van der Waals surface area (Å²) in [5.74, 6) is -0.884. The maximum atomic E-state index is 13.1. The fourth-order valence-corrected chi connectivity index (χ4v) is 3.48. The summed E-state index contributed by atoms with van der Waals surface area (Å²) in [4.78, 5) is 45.3. The van der Waals surface area contributed by atoms with E-state index < -0.39 is 12.0 Å². The van der Waals surface area contributed by atoms with Crippen molar-refractivity contribution in [3.63, 3.8) is 0 Å². The lowest BCUT2D eigenvalue weighted by Gasteiger charge is -2.47. The predicted octanol–water partition coefficient (Wildman–Crippen LogP) is 1.80. The molecule has 0 radical (unpaired) electrons. The van der Waals surface area contributed by atoms with Gasteiger partial charge in [0.15, 0.2) is 0 Å². The quantitative estimate of drug-likeness (QED) is 0.659. The van der Waals surface area contributed by atoms with E-state index in [-0.39, 0.29) is 23.9 Å². The molecule has 8 heteroatoms. The van der Waals surface area contributed by atoms with Gasteiger partial charge in [0.1, 0.15) is 11.9 Å². The van der Waals surface area contributed by atoms with Crippen LogP contribution in [0.1, 0.15) is 45.6 Å². The molecule has 1 aromatic heterocycles. The molecule has 0 bridgehead atoms. The molecule has 2 rings (SSSR count). The van der Waals surface area contributed by atoms with E-state index in [2.05, 4.69) is 17.2 Å². The number of likely N-dealkylation sites (tertiary alicyclic amines) is 1. The molecule has 3 atom stereocenters. The summed E-state index contributed by atoms with van der Waals surface area (Å²) in [6, 6.07) is 2.25. The molecule has 154 valence electrons. The number of nitrogens with two attached hydrogens (primary N) is 1. The van der Waals surface area contributed by atoms with E-state index >= 15 is 0 Å². The predicted molar refractivity (Wildman–Crippen MR) is 107 cm³/mol. The van der Waals surface area contributed by atoms with Gasteiger partial charge in [-0.05, 0) is 43.9 Å². The van der Waals surface area contributed by atoms with Crippen LogP contribution < -0.4 is 11.1 Å². The van der Waals surface area contributed by atoms with Crippen molar-refractivity contribution in [2.24, 2.45) is 5.92 Å². The maximum absolute atomic E-state index is 13.1. The van der Waals surface area contributed by atoms with Gasteiger partial charge in [0, 0.05) is 25.8 Å². The smallest absolute Gasteiger partial charge is 0.327 e. The summed E-state index contributed by atoms with van der Waals surface area (Å²) in [5.41, 5.74) is 6.53. The van der Waals surface area contributed by atoms with Gasteiger partial charge in [0.25, 0.3) is 0 Å². The second kappa shape index (κ2) is 9.52. The highest BCUT2D eigenvalue weighted by molar-refractivity contribution is 6.09. The van der Waals surface area contributed by atoms with Crippen LogP contribution in [-0.4, -0.2) is 58.3 Å². The number of hydrogen-bond acceptors (Lipinski definition) is 5. The first-order chi connectivity index (χ1) is 13.3. The molecule has 1 saturated heterocycles. The van der Waals surface area contributed by atoms with Gasteiger partial charge in [-0.2, -0.15) is 0 Å². The Hall–Kier alpha value is -2.64. The Balaban J connectivity index is 2.24. The van der Waals surface area contributed by atoms with Crippen LogP contribution in [0.25, 0.3) is 0 Å². The van der Waals surface area contributed by atoms with Crippen LogP contribution in [0.4, 0.5) is 10.6 Å². The minimum Gasteiger partial charge on any atom is -0.384 e. The Kier molecular flexibility index (Phi) is 7.37. The molecule has 28 heavy (non-hydrogen) atoms. The van der Waals surface area contributed by atoms with Gasteiger partial charge in [-0.3, -0.25) is 14.5 Å².